The third kappa shape index (κ3) is 3.83. The van der Waals surface area contributed by atoms with Crippen LogP contribution in [0.3, 0.4) is 0 Å². The minimum Gasteiger partial charge on any atom is -0.396 e. The van der Waals surface area contributed by atoms with Crippen LogP contribution in [0.15, 0.2) is 12.7 Å². The molecule has 0 radical (unpaired) electrons. The predicted molar refractivity (Wildman–Crippen MR) is 69.2 cm³/mol. The molecule has 2 rings (SSSR count). The van der Waals surface area contributed by atoms with E-state index in [4.69, 9.17) is 16.7 Å². The molecule has 19 heavy (non-hydrogen) atoms. The number of anilines is 1. The molecule has 2 aromatic heterocycles. The van der Waals surface area contributed by atoms with Crippen molar-refractivity contribution in [3.8, 4) is 5.95 Å². The van der Waals surface area contributed by atoms with E-state index in [0.29, 0.717) is 18.3 Å². The highest BCUT2D eigenvalue weighted by Gasteiger charge is 2.09. The molecule has 1 unspecified atom stereocenters. The summed E-state index contributed by atoms with van der Waals surface area (Å²) in [5, 5.41) is 15.9. The number of nitrogens with one attached hydrogen (secondary N) is 1. The van der Waals surface area contributed by atoms with Gasteiger partial charge < -0.3 is 10.4 Å². The maximum atomic E-state index is 8.79. The second kappa shape index (κ2) is 6.39. The molecule has 9 heteroatoms. The second-order valence-corrected chi connectivity index (χ2v) is 4.32. The van der Waals surface area contributed by atoms with Gasteiger partial charge in [0.1, 0.15) is 12.7 Å². The van der Waals surface area contributed by atoms with Gasteiger partial charge in [0.15, 0.2) is 0 Å². The highest BCUT2D eigenvalue weighted by molar-refractivity contribution is 6.28. The molecule has 1 atom stereocenters. The van der Waals surface area contributed by atoms with E-state index >= 15 is 0 Å². The van der Waals surface area contributed by atoms with Crippen molar-refractivity contribution in [2.24, 2.45) is 0 Å². The van der Waals surface area contributed by atoms with Crippen LogP contribution in [0.25, 0.3) is 5.95 Å². The molecule has 0 aromatic carbocycles. The summed E-state index contributed by atoms with van der Waals surface area (Å²) in [6.07, 6.45) is 4.38. The quantitative estimate of drug-likeness (QED) is 0.803. The zero-order chi connectivity index (χ0) is 13.7. The standard InChI is InChI=1S/C10H14ClN7O/c1-7(3-2-4-19)14-9-15-8(11)16-10(17-9)18-6-12-5-13-18/h5-7,19H,2-4H2,1H3,(H,14,15,16,17). The maximum Gasteiger partial charge on any atom is 0.258 e. The topological polar surface area (TPSA) is 102 Å². The maximum absolute atomic E-state index is 8.79. The van der Waals surface area contributed by atoms with Gasteiger partial charge in [-0.3, -0.25) is 0 Å². The SMILES string of the molecule is CC(CCCO)Nc1nc(Cl)nc(-n2cncn2)n1. The number of hydrogen-bond acceptors (Lipinski definition) is 7. The molecule has 2 N–H and O–H groups in total. The van der Waals surface area contributed by atoms with Crippen LogP contribution >= 0.6 is 11.6 Å². The van der Waals surface area contributed by atoms with Gasteiger partial charge in [-0.1, -0.05) is 0 Å². The molecule has 2 heterocycles. The molecule has 0 saturated carbocycles. The first-order valence-corrected chi connectivity index (χ1v) is 6.21. The molecule has 0 aliphatic carbocycles. The number of halogens is 1. The van der Waals surface area contributed by atoms with Crippen LogP contribution in [0.2, 0.25) is 5.28 Å². The van der Waals surface area contributed by atoms with Gasteiger partial charge >= 0.3 is 0 Å². The highest BCUT2D eigenvalue weighted by atomic mass is 35.5. The number of rotatable bonds is 6. The fraction of sp³-hybridized carbons (Fsp3) is 0.500. The van der Waals surface area contributed by atoms with E-state index in [9.17, 15) is 0 Å². The molecule has 2 aromatic rings. The van der Waals surface area contributed by atoms with Crippen LogP contribution in [0.5, 0.6) is 0 Å². The van der Waals surface area contributed by atoms with Crippen LogP contribution in [-0.4, -0.2) is 47.5 Å². The van der Waals surface area contributed by atoms with Crippen molar-refractivity contribution in [2.75, 3.05) is 11.9 Å². The van der Waals surface area contributed by atoms with E-state index in [1.54, 1.807) is 0 Å². The Balaban J connectivity index is 2.13. The Morgan fingerprint density at radius 1 is 1.42 bits per heavy atom. The van der Waals surface area contributed by atoms with Crippen molar-refractivity contribution in [3.63, 3.8) is 0 Å². The number of aliphatic hydroxyl groups is 1. The first-order chi connectivity index (χ1) is 9.19. The van der Waals surface area contributed by atoms with Crippen molar-refractivity contribution in [3.05, 3.63) is 17.9 Å². The largest absolute Gasteiger partial charge is 0.396 e. The van der Waals surface area contributed by atoms with Crippen molar-refractivity contribution in [2.45, 2.75) is 25.8 Å². The molecule has 0 bridgehead atoms. The van der Waals surface area contributed by atoms with Gasteiger partial charge in [-0.15, -0.1) is 0 Å². The van der Waals surface area contributed by atoms with Crippen molar-refractivity contribution < 1.29 is 5.11 Å². The van der Waals surface area contributed by atoms with Crippen LogP contribution in [-0.2, 0) is 0 Å². The summed E-state index contributed by atoms with van der Waals surface area (Å²) < 4.78 is 1.40. The lowest BCUT2D eigenvalue weighted by molar-refractivity contribution is 0.282. The van der Waals surface area contributed by atoms with E-state index in [-0.39, 0.29) is 17.9 Å². The third-order valence-corrected chi connectivity index (χ3v) is 2.56. The van der Waals surface area contributed by atoms with Crippen LogP contribution in [0, 0.1) is 0 Å². The van der Waals surface area contributed by atoms with Crippen molar-refractivity contribution >= 4 is 17.5 Å². The van der Waals surface area contributed by atoms with Gasteiger partial charge in [-0.2, -0.15) is 24.7 Å². The second-order valence-electron chi connectivity index (χ2n) is 3.98. The fourth-order valence-corrected chi connectivity index (χ4v) is 1.66. The average molecular weight is 284 g/mol. The number of aromatic nitrogens is 6. The van der Waals surface area contributed by atoms with Crippen LogP contribution in [0.1, 0.15) is 19.8 Å². The molecule has 0 aliphatic heterocycles. The Morgan fingerprint density at radius 2 is 2.26 bits per heavy atom. The molecule has 0 spiro atoms. The molecule has 0 amide bonds. The average Bonchev–Trinajstić information content (AvgIpc) is 2.89. The Labute approximate surface area is 114 Å². The van der Waals surface area contributed by atoms with E-state index in [0.717, 1.165) is 6.42 Å². The summed E-state index contributed by atoms with van der Waals surface area (Å²) >= 11 is 5.85. The van der Waals surface area contributed by atoms with Gasteiger partial charge in [-0.05, 0) is 31.4 Å². The van der Waals surface area contributed by atoms with E-state index in [1.165, 1.54) is 17.3 Å². The molecule has 102 valence electrons. The minimum atomic E-state index is 0.0809. The number of aliphatic hydroxyl groups excluding tert-OH is 1. The Hall–Kier alpha value is -1.80. The first kappa shape index (κ1) is 13.6. The normalized spacial score (nSPS) is 12.4. The number of hydrogen-bond donors (Lipinski definition) is 2. The lowest BCUT2D eigenvalue weighted by Crippen LogP contribution is -2.18. The fourth-order valence-electron chi connectivity index (χ4n) is 1.51. The van der Waals surface area contributed by atoms with Crippen molar-refractivity contribution in [1.29, 1.82) is 0 Å². The van der Waals surface area contributed by atoms with Crippen LogP contribution < -0.4 is 5.32 Å². The zero-order valence-electron chi connectivity index (χ0n) is 10.4. The Morgan fingerprint density at radius 3 is 2.95 bits per heavy atom. The summed E-state index contributed by atoms with van der Waals surface area (Å²) in [7, 11) is 0. The van der Waals surface area contributed by atoms with Gasteiger partial charge in [0.05, 0.1) is 0 Å². The molecule has 8 nitrogen and oxygen atoms in total. The zero-order valence-corrected chi connectivity index (χ0v) is 11.1. The predicted octanol–water partition coefficient (Wildman–Crippen LogP) is 0.679. The van der Waals surface area contributed by atoms with Gasteiger partial charge in [0, 0.05) is 12.6 Å². The van der Waals surface area contributed by atoms with Crippen LogP contribution in [0.4, 0.5) is 5.95 Å². The first-order valence-electron chi connectivity index (χ1n) is 5.83. The number of nitrogens with zero attached hydrogens (tertiary/aromatic N) is 6. The van der Waals surface area contributed by atoms with E-state index < -0.39 is 0 Å². The van der Waals surface area contributed by atoms with Crippen molar-refractivity contribution in [1.82, 2.24) is 29.7 Å². The Bertz CT molecular complexity index is 519. The van der Waals surface area contributed by atoms with E-state index in [2.05, 4.69) is 30.4 Å². The summed E-state index contributed by atoms with van der Waals surface area (Å²) in [5.74, 6) is 0.672. The van der Waals surface area contributed by atoms with Gasteiger partial charge in [-0.25, -0.2) is 4.98 Å². The Kier molecular flexibility index (Phi) is 4.58. The lowest BCUT2D eigenvalue weighted by Gasteiger charge is -2.13. The third-order valence-electron chi connectivity index (χ3n) is 2.39. The smallest absolute Gasteiger partial charge is 0.258 e. The summed E-state index contributed by atoms with van der Waals surface area (Å²) in [4.78, 5) is 16.0. The molecule has 0 aliphatic rings. The monoisotopic (exact) mass is 283 g/mol. The molecular weight excluding hydrogens is 270 g/mol. The lowest BCUT2D eigenvalue weighted by atomic mass is 10.2. The molecule has 0 saturated heterocycles. The van der Waals surface area contributed by atoms with Gasteiger partial charge in [0.25, 0.3) is 5.95 Å². The molecule has 0 fully saturated rings. The summed E-state index contributed by atoms with van der Waals surface area (Å²) in [5.41, 5.74) is 0. The highest BCUT2D eigenvalue weighted by Crippen LogP contribution is 2.10. The minimum absolute atomic E-state index is 0.0809. The van der Waals surface area contributed by atoms with Gasteiger partial charge in [0.2, 0.25) is 11.2 Å². The molecular formula is C10H14ClN7O. The summed E-state index contributed by atoms with van der Waals surface area (Å²) in [6, 6.07) is 0.120. The summed E-state index contributed by atoms with van der Waals surface area (Å²) in [6.45, 7) is 2.14. The van der Waals surface area contributed by atoms with E-state index in [1.807, 2.05) is 6.92 Å².